The van der Waals surface area contributed by atoms with Crippen LogP contribution in [0.3, 0.4) is 0 Å². The summed E-state index contributed by atoms with van der Waals surface area (Å²) in [6.07, 6.45) is 4.02. The van der Waals surface area contributed by atoms with E-state index in [-0.39, 0.29) is 17.1 Å². The Balaban J connectivity index is 1.42. The first-order valence-electron chi connectivity index (χ1n) is 9.50. The van der Waals surface area contributed by atoms with Crippen LogP contribution in [0, 0.1) is 11.2 Å². The summed E-state index contributed by atoms with van der Waals surface area (Å²) in [7, 11) is 0. The minimum atomic E-state index is -0.208. The molecular weight excluding hydrogens is 327 g/mol. The van der Waals surface area contributed by atoms with Gasteiger partial charge in [-0.2, -0.15) is 0 Å². The van der Waals surface area contributed by atoms with Gasteiger partial charge in [0.2, 0.25) is 5.91 Å². The molecule has 0 saturated carbocycles. The number of hydrogen-bond acceptors (Lipinski definition) is 2. The molecule has 0 bridgehead atoms. The molecule has 2 aromatic rings. The Kier molecular flexibility index (Phi) is 4.77. The van der Waals surface area contributed by atoms with Gasteiger partial charge in [-0.05, 0) is 73.7 Å². The van der Waals surface area contributed by atoms with Crippen LogP contribution in [0.25, 0.3) is 11.1 Å². The summed E-state index contributed by atoms with van der Waals surface area (Å²) >= 11 is 0. The number of carbonyl (C=O) groups excluding carboxylic acids is 1. The molecule has 2 aliphatic heterocycles. The maximum absolute atomic E-state index is 13.5. The fraction of sp³-hybridized carbons (Fsp3) is 0.409. The van der Waals surface area contributed by atoms with E-state index in [0.29, 0.717) is 0 Å². The predicted octanol–water partition coefficient (Wildman–Crippen LogP) is 3.98. The van der Waals surface area contributed by atoms with Crippen molar-refractivity contribution in [3.05, 3.63) is 59.9 Å². The quantitative estimate of drug-likeness (QED) is 0.906. The van der Waals surface area contributed by atoms with Crippen LogP contribution in [0.2, 0.25) is 0 Å². The number of nitrogens with zero attached hydrogens (tertiary/aromatic N) is 1. The SMILES string of the molecule is O=C1NCCCC12CCN(Cc1cccc(-c3cccc(F)c3)c1)CC2. The van der Waals surface area contributed by atoms with Gasteiger partial charge in [0.05, 0.1) is 5.41 Å². The summed E-state index contributed by atoms with van der Waals surface area (Å²) in [4.78, 5) is 14.7. The number of likely N-dealkylation sites (tertiary alicyclic amines) is 1. The van der Waals surface area contributed by atoms with Gasteiger partial charge in [0.1, 0.15) is 5.82 Å². The number of piperidine rings is 2. The summed E-state index contributed by atoms with van der Waals surface area (Å²) in [6.45, 7) is 3.62. The van der Waals surface area contributed by atoms with E-state index in [9.17, 15) is 9.18 Å². The summed E-state index contributed by atoms with van der Waals surface area (Å²) in [5.74, 6) is 0.0523. The number of hydrogen-bond donors (Lipinski definition) is 1. The fourth-order valence-corrected chi connectivity index (χ4v) is 4.32. The lowest BCUT2D eigenvalue weighted by atomic mass is 9.72. The maximum atomic E-state index is 13.5. The second-order valence-corrected chi connectivity index (χ2v) is 7.63. The fourth-order valence-electron chi connectivity index (χ4n) is 4.32. The lowest BCUT2D eigenvalue weighted by molar-refractivity contribution is -0.136. The molecule has 4 heteroatoms. The van der Waals surface area contributed by atoms with E-state index in [2.05, 4.69) is 22.3 Å². The Morgan fingerprint density at radius 2 is 1.73 bits per heavy atom. The summed E-state index contributed by atoms with van der Waals surface area (Å²) < 4.78 is 13.5. The van der Waals surface area contributed by atoms with Crippen LogP contribution in [0.5, 0.6) is 0 Å². The Labute approximate surface area is 154 Å². The standard InChI is InChI=1S/C22H25FN2O/c23-20-7-2-6-19(15-20)18-5-1-4-17(14-18)16-25-12-9-22(10-13-25)8-3-11-24-21(22)26/h1-2,4-7,14-15H,3,8-13,16H2,(H,24,26). The van der Waals surface area contributed by atoms with Crippen molar-refractivity contribution in [3.63, 3.8) is 0 Å². The van der Waals surface area contributed by atoms with Gasteiger partial charge in [-0.1, -0.05) is 30.3 Å². The number of amides is 1. The lowest BCUT2D eigenvalue weighted by Gasteiger charge is -2.42. The second kappa shape index (κ2) is 7.20. The first-order chi connectivity index (χ1) is 12.6. The van der Waals surface area contributed by atoms with Crippen LogP contribution < -0.4 is 5.32 Å². The van der Waals surface area contributed by atoms with Crippen LogP contribution in [-0.4, -0.2) is 30.4 Å². The first-order valence-corrected chi connectivity index (χ1v) is 9.50. The summed E-state index contributed by atoms with van der Waals surface area (Å²) in [6, 6.07) is 15.1. The van der Waals surface area contributed by atoms with E-state index in [1.807, 2.05) is 18.2 Å². The molecule has 1 amide bonds. The Morgan fingerprint density at radius 1 is 1.00 bits per heavy atom. The number of carbonyl (C=O) groups is 1. The van der Waals surface area contributed by atoms with Crippen molar-refractivity contribution >= 4 is 5.91 Å². The van der Waals surface area contributed by atoms with Crippen molar-refractivity contribution in [2.45, 2.75) is 32.2 Å². The third-order valence-electron chi connectivity index (χ3n) is 5.90. The van der Waals surface area contributed by atoms with Crippen LogP contribution in [0.1, 0.15) is 31.2 Å². The molecule has 2 aromatic carbocycles. The van der Waals surface area contributed by atoms with Gasteiger partial charge >= 0.3 is 0 Å². The Bertz CT molecular complexity index is 796. The van der Waals surface area contributed by atoms with Crippen LogP contribution in [-0.2, 0) is 11.3 Å². The molecular formula is C22H25FN2O. The molecule has 2 saturated heterocycles. The van der Waals surface area contributed by atoms with Crippen LogP contribution in [0.4, 0.5) is 4.39 Å². The molecule has 0 aromatic heterocycles. The first kappa shape index (κ1) is 17.2. The molecule has 1 spiro atoms. The van der Waals surface area contributed by atoms with Gasteiger partial charge < -0.3 is 5.32 Å². The molecule has 2 fully saturated rings. The molecule has 26 heavy (non-hydrogen) atoms. The largest absolute Gasteiger partial charge is 0.356 e. The number of benzene rings is 2. The van der Waals surface area contributed by atoms with E-state index in [1.54, 1.807) is 12.1 Å². The van der Waals surface area contributed by atoms with Crippen molar-refractivity contribution in [2.75, 3.05) is 19.6 Å². The summed E-state index contributed by atoms with van der Waals surface area (Å²) in [5, 5.41) is 3.05. The van der Waals surface area contributed by atoms with Gasteiger partial charge in [-0.15, -0.1) is 0 Å². The van der Waals surface area contributed by atoms with E-state index in [4.69, 9.17) is 0 Å². The van der Waals surface area contributed by atoms with Crippen molar-refractivity contribution < 1.29 is 9.18 Å². The van der Waals surface area contributed by atoms with Gasteiger partial charge in [0.25, 0.3) is 0 Å². The zero-order valence-corrected chi connectivity index (χ0v) is 15.0. The van der Waals surface area contributed by atoms with Gasteiger partial charge in [-0.25, -0.2) is 4.39 Å². The number of nitrogens with one attached hydrogen (secondary N) is 1. The van der Waals surface area contributed by atoms with Crippen LogP contribution >= 0.6 is 0 Å². The topological polar surface area (TPSA) is 32.3 Å². The third kappa shape index (κ3) is 3.51. The number of halogens is 1. The van der Waals surface area contributed by atoms with Crippen molar-refractivity contribution in [2.24, 2.45) is 5.41 Å². The predicted molar refractivity (Wildman–Crippen MR) is 101 cm³/mol. The minimum absolute atomic E-state index is 0.127. The molecule has 2 heterocycles. The lowest BCUT2D eigenvalue weighted by Crippen LogP contribution is -2.51. The molecule has 2 aliphatic rings. The van der Waals surface area contributed by atoms with E-state index in [0.717, 1.165) is 63.0 Å². The van der Waals surface area contributed by atoms with E-state index in [1.165, 1.54) is 11.6 Å². The molecule has 0 radical (unpaired) electrons. The molecule has 3 nitrogen and oxygen atoms in total. The highest BCUT2D eigenvalue weighted by Crippen LogP contribution is 2.38. The zero-order chi connectivity index (χ0) is 18.0. The third-order valence-corrected chi connectivity index (χ3v) is 5.90. The number of rotatable bonds is 3. The van der Waals surface area contributed by atoms with E-state index < -0.39 is 0 Å². The molecule has 0 atom stereocenters. The van der Waals surface area contributed by atoms with Gasteiger partial charge in [0.15, 0.2) is 0 Å². The van der Waals surface area contributed by atoms with E-state index >= 15 is 0 Å². The average Bonchev–Trinajstić information content (AvgIpc) is 2.66. The van der Waals surface area contributed by atoms with Gasteiger partial charge in [0, 0.05) is 13.1 Å². The molecule has 0 unspecified atom stereocenters. The van der Waals surface area contributed by atoms with Crippen molar-refractivity contribution in [1.82, 2.24) is 10.2 Å². The zero-order valence-electron chi connectivity index (χ0n) is 15.0. The Hall–Kier alpha value is -2.20. The van der Waals surface area contributed by atoms with Crippen molar-refractivity contribution in [3.8, 4) is 11.1 Å². The van der Waals surface area contributed by atoms with Crippen LogP contribution in [0.15, 0.2) is 48.5 Å². The molecule has 4 rings (SSSR count). The maximum Gasteiger partial charge on any atom is 0.226 e. The normalized spacial score (nSPS) is 20.1. The molecule has 1 N–H and O–H groups in total. The highest BCUT2D eigenvalue weighted by Gasteiger charge is 2.42. The highest BCUT2D eigenvalue weighted by molar-refractivity contribution is 5.83. The summed E-state index contributed by atoms with van der Waals surface area (Å²) in [5.41, 5.74) is 3.05. The minimum Gasteiger partial charge on any atom is -0.356 e. The smallest absolute Gasteiger partial charge is 0.226 e. The monoisotopic (exact) mass is 352 g/mol. The average molecular weight is 352 g/mol. The molecule has 0 aliphatic carbocycles. The second-order valence-electron chi connectivity index (χ2n) is 7.63. The van der Waals surface area contributed by atoms with Gasteiger partial charge in [-0.3, -0.25) is 9.69 Å². The Morgan fingerprint density at radius 3 is 2.46 bits per heavy atom. The van der Waals surface area contributed by atoms with Crippen molar-refractivity contribution in [1.29, 1.82) is 0 Å². The molecule has 136 valence electrons. The highest BCUT2D eigenvalue weighted by atomic mass is 19.1.